The number of benzene rings is 2. The van der Waals surface area contributed by atoms with Gasteiger partial charge in [-0.25, -0.2) is 4.98 Å². The molecule has 0 aliphatic rings. The van der Waals surface area contributed by atoms with Crippen molar-refractivity contribution in [3.8, 4) is 5.75 Å². The lowest BCUT2D eigenvalue weighted by atomic mass is 10.1. The second-order valence-electron chi connectivity index (χ2n) is 5.71. The van der Waals surface area contributed by atoms with Crippen LogP contribution in [0.1, 0.15) is 27.0 Å². The molecule has 0 saturated carbocycles. The number of amides is 1. The van der Waals surface area contributed by atoms with Crippen LogP contribution in [0.15, 0.2) is 28.7 Å². The monoisotopic (exact) mass is 404 g/mol. The van der Waals surface area contributed by atoms with E-state index >= 15 is 0 Å². The lowest BCUT2D eigenvalue weighted by Crippen LogP contribution is -2.13. The Bertz CT molecular complexity index is 950. The lowest BCUT2D eigenvalue weighted by molar-refractivity contribution is 0.102. The zero-order valence-electron chi connectivity index (χ0n) is 13.9. The third-order valence-corrected chi connectivity index (χ3v) is 5.11. The number of thiazole rings is 1. The van der Waals surface area contributed by atoms with Gasteiger partial charge in [0.05, 0.1) is 22.9 Å². The first-order valence-corrected chi connectivity index (χ1v) is 9.03. The summed E-state index contributed by atoms with van der Waals surface area (Å²) in [7, 11) is 1.57. The second-order valence-corrected chi connectivity index (χ2v) is 7.65. The SMILES string of the molecule is COc1c(C)cc(Br)cc1C(=O)Nc1nc2c(C)cc(C)cc2s1. The molecular weight excluding hydrogens is 388 g/mol. The average Bonchev–Trinajstić information content (AvgIpc) is 2.89. The van der Waals surface area contributed by atoms with Crippen LogP contribution in [-0.2, 0) is 0 Å². The van der Waals surface area contributed by atoms with Crippen LogP contribution in [0.25, 0.3) is 10.2 Å². The molecule has 1 heterocycles. The molecule has 0 atom stereocenters. The molecule has 3 aromatic rings. The number of nitrogens with zero attached hydrogens (tertiary/aromatic N) is 1. The largest absolute Gasteiger partial charge is 0.496 e. The summed E-state index contributed by atoms with van der Waals surface area (Å²) in [6.07, 6.45) is 0. The minimum atomic E-state index is -0.232. The molecule has 0 unspecified atom stereocenters. The molecule has 1 aromatic heterocycles. The maximum atomic E-state index is 12.7. The molecule has 3 rings (SSSR count). The number of hydrogen-bond acceptors (Lipinski definition) is 4. The first kappa shape index (κ1) is 16.9. The summed E-state index contributed by atoms with van der Waals surface area (Å²) >= 11 is 4.90. The van der Waals surface area contributed by atoms with E-state index in [-0.39, 0.29) is 5.91 Å². The molecule has 24 heavy (non-hydrogen) atoms. The van der Waals surface area contributed by atoms with Crippen molar-refractivity contribution in [2.45, 2.75) is 20.8 Å². The van der Waals surface area contributed by atoms with Crippen LogP contribution in [0, 0.1) is 20.8 Å². The fourth-order valence-corrected chi connectivity index (χ4v) is 4.37. The van der Waals surface area contributed by atoms with Gasteiger partial charge in [0.1, 0.15) is 5.75 Å². The van der Waals surface area contributed by atoms with Crippen molar-refractivity contribution < 1.29 is 9.53 Å². The highest BCUT2D eigenvalue weighted by atomic mass is 79.9. The van der Waals surface area contributed by atoms with Gasteiger partial charge in [-0.3, -0.25) is 10.1 Å². The molecule has 0 aliphatic carbocycles. The highest BCUT2D eigenvalue weighted by Gasteiger charge is 2.17. The third-order valence-electron chi connectivity index (χ3n) is 3.74. The smallest absolute Gasteiger partial charge is 0.261 e. The van der Waals surface area contributed by atoms with Crippen LogP contribution >= 0.6 is 27.3 Å². The topological polar surface area (TPSA) is 51.2 Å². The summed E-state index contributed by atoms with van der Waals surface area (Å²) in [4.78, 5) is 17.2. The third kappa shape index (κ3) is 3.16. The van der Waals surface area contributed by atoms with Gasteiger partial charge in [-0.05, 0) is 55.7 Å². The summed E-state index contributed by atoms with van der Waals surface area (Å²) in [5.74, 6) is 0.341. The molecule has 6 heteroatoms. The standard InChI is InChI=1S/C18H17BrN2O2S/c1-9-5-10(2)15-14(6-9)24-18(20-15)21-17(22)13-8-12(19)7-11(3)16(13)23-4/h5-8H,1-4H3,(H,20,21,22). The Balaban J connectivity index is 1.97. The zero-order valence-corrected chi connectivity index (χ0v) is 16.3. The number of halogens is 1. The average molecular weight is 405 g/mol. The number of ether oxygens (including phenoxy) is 1. The second kappa shape index (κ2) is 6.53. The predicted molar refractivity (Wildman–Crippen MR) is 102 cm³/mol. The first-order chi connectivity index (χ1) is 11.4. The maximum absolute atomic E-state index is 12.7. The molecule has 124 valence electrons. The van der Waals surface area contributed by atoms with E-state index in [2.05, 4.69) is 45.3 Å². The van der Waals surface area contributed by atoms with Crippen LogP contribution in [0.3, 0.4) is 0 Å². The van der Waals surface area contributed by atoms with Crippen LogP contribution in [0.4, 0.5) is 5.13 Å². The molecule has 1 amide bonds. The maximum Gasteiger partial charge on any atom is 0.261 e. The number of fused-ring (bicyclic) bond motifs is 1. The first-order valence-electron chi connectivity index (χ1n) is 7.42. The molecule has 0 radical (unpaired) electrons. The highest BCUT2D eigenvalue weighted by Crippen LogP contribution is 2.32. The number of hydrogen-bond donors (Lipinski definition) is 1. The van der Waals surface area contributed by atoms with Gasteiger partial charge >= 0.3 is 0 Å². The summed E-state index contributed by atoms with van der Waals surface area (Å²) < 4.78 is 7.29. The molecule has 4 nitrogen and oxygen atoms in total. The summed E-state index contributed by atoms with van der Waals surface area (Å²) in [6.45, 7) is 5.99. The Morgan fingerprint density at radius 1 is 1.17 bits per heavy atom. The Hall–Kier alpha value is -1.92. The van der Waals surface area contributed by atoms with Crippen molar-refractivity contribution in [1.82, 2.24) is 4.98 Å². The Labute approximate surface area is 153 Å². The van der Waals surface area contributed by atoms with Crippen LogP contribution < -0.4 is 10.1 Å². The normalized spacial score (nSPS) is 10.9. The van der Waals surface area contributed by atoms with Gasteiger partial charge in [0.15, 0.2) is 5.13 Å². The number of aromatic nitrogens is 1. The minimum Gasteiger partial charge on any atom is -0.496 e. The van der Waals surface area contributed by atoms with E-state index in [4.69, 9.17) is 4.74 Å². The van der Waals surface area contributed by atoms with E-state index in [1.165, 1.54) is 16.9 Å². The van der Waals surface area contributed by atoms with Crippen molar-refractivity contribution in [2.75, 3.05) is 12.4 Å². The van der Waals surface area contributed by atoms with Gasteiger partial charge in [-0.2, -0.15) is 0 Å². The molecule has 0 fully saturated rings. The summed E-state index contributed by atoms with van der Waals surface area (Å²) in [6, 6.07) is 7.84. The van der Waals surface area contributed by atoms with Gasteiger partial charge in [0, 0.05) is 4.47 Å². The Morgan fingerprint density at radius 2 is 1.92 bits per heavy atom. The van der Waals surface area contributed by atoms with Crippen molar-refractivity contribution in [1.29, 1.82) is 0 Å². The van der Waals surface area contributed by atoms with E-state index in [9.17, 15) is 4.79 Å². The van der Waals surface area contributed by atoms with E-state index in [0.29, 0.717) is 16.4 Å². The van der Waals surface area contributed by atoms with Crippen LogP contribution in [0.5, 0.6) is 5.75 Å². The summed E-state index contributed by atoms with van der Waals surface area (Å²) in [5, 5.41) is 3.48. The number of rotatable bonds is 3. The molecule has 0 bridgehead atoms. The van der Waals surface area contributed by atoms with Crippen molar-refractivity contribution in [3.63, 3.8) is 0 Å². The predicted octanol–water partition coefficient (Wildman–Crippen LogP) is 5.24. The number of carbonyl (C=O) groups is 1. The van der Waals surface area contributed by atoms with Crippen molar-refractivity contribution in [3.05, 3.63) is 51.0 Å². The zero-order chi connectivity index (χ0) is 17.4. The lowest BCUT2D eigenvalue weighted by Gasteiger charge is -2.11. The Morgan fingerprint density at radius 3 is 2.62 bits per heavy atom. The fraction of sp³-hybridized carbons (Fsp3) is 0.222. The quantitative estimate of drug-likeness (QED) is 0.648. The van der Waals surface area contributed by atoms with Gasteiger partial charge in [0.2, 0.25) is 0 Å². The fourth-order valence-electron chi connectivity index (χ4n) is 2.76. The van der Waals surface area contributed by atoms with Crippen LogP contribution in [-0.4, -0.2) is 18.0 Å². The van der Waals surface area contributed by atoms with E-state index in [0.717, 1.165) is 25.8 Å². The molecular formula is C18H17BrN2O2S. The number of anilines is 1. The highest BCUT2D eigenvalue weighted by molar-refractivity contribution is 9.10. The number of carbonyl (C=O) groups excluding carboxylic acids is 1. The van der Waals surface area contributed by atoms with Gasteiger partial charge < -0.3 is 4.74 Å². The number of aryl methyl sites for hydroxylation is 3. The van der Waals surface area contributed by atoms with Crippen molar-refractivity contribution in [2.24, 2.45) is 0 Å². The minimum absolute atomic E-state index is 0.232. The van der Waals surface area contributed by atoms with E-state index < -0.39 is 0 Å². The number of nitrogens with one attached hydrogen (secondary N) is 1. The molecule has 1 N–H and O–H groups in total. The van der Waals surface area contributed by atoms with Gasteiger partial charge in [-0.15, -0.1) is 0 Å². The van der Waals surface area contributed by atoms with E-state index in [1.54, 1.807) is 13.2 Å². The van der Waals surface area contributed by atoms with Crippen LogP contribution in [0.2, 0.25) is 0 Å². The van der Waals surface area contributed by atoms with Gasteiger partial charge in [-0.1, -0.05) is 33.3 Å². The van der Waals surface area contributed by atoms with Gasteiger partial charge in [0.25, 0.3) is 5.91 Å². The summed E-state index contributed by atoms with van der Waals surface area (Å²) in [5.41, 5.74) is 4.60. The Kier molecular flexibility index (Phi) is 4.60. The molecule has 0 aliphatic heterocycles. The van der Waals surface area contributed by atoms with E-state index in [1.807, 2.05) is 19.9 Å². The van der Waals surface area contributed by atoms with Crippen molar-refractivity contribution >= 4 is 48.5 Å². The molecule has 0 spiro atoms. The molecule has 2 aromatic carbocycles. The number of methoxy groups -OCH3 is 1. The molecule has 0 saturated heterocycles.